The van der Waals surface area contributed by atoms with Gasteiger partial charge in [-0.1, -0.05) is 27.2 Å². The van der Waals surface area contributed by atoms with Crippen LogP contribution in [0.5, 0.6) is 0 Å². The molecule has 0 aliphatic rings. The molecule has 49 valence electrons. The van der Waals surface area contributed by atoms with E-state index in [4.69, 9.17) is 0 Å². The summed E-state index contributed by atoms with van der Waals surface area (Å²) in [7, 11) is 0. The Hall–Kier alpha value is 0.350. The van der Waals surface area contributed by atoms with Crippen molar-refractivity contribution in [2.75, 3.05) is 0 Å². The van der Waals surface area contributed by atoms with Crippen molar-refractivity contribution in [1.82, 2.24) is 0 Å². The lowest BCUT2D eigenvalue weighted by Crippen LogP contribution is -1.92. The Kier molecular flexibility index (Phi) is 5.73. The highest BCUT2D eigenvalue weighted by Crippen LogP contribution is 2.16. The van der Waals surface area contributed by atoms with Gasteiger partial charge in [-0.2, -0.15) is 11.8 Å². The van der Waals surface area contributed by atoms with Crippen LogP contribution >= 0.6 is 11.8 Å². The van der Waals surface area contributed by atoms with Crippen LogP contribution in [0.3, 0.4) is 0 Å². The second-order valence-electron chi connectivity index (χ2n) is 1.97. The first kappa shape index (κ1) is 8.35. The SMILES string of the molecule is C[CH]SC(C)CCC. The average molecular weight is 131 g/mol. The van der Waals surface area contributed by atoms with Crippen molar-refractivity contribution >= 4 is 11.8 Å². The van der Waals surface area contributed by atoms with E-state index < -0.39 is 0 Å². The van der Waals surface area contributed by atoms with E-state index in [0.29, 0.717) is 0 Å². The maximum Gasteiger partial charge on any atom is 0.0138 e. The van der Waals surface area contributed by atoms with E-state index in [-0.39, 0.29) is 0 Å². The Morgan fingerprint density at radius 2 is 2.25 bits per heavy atom. The van der Waals surface area contributed by atoms with Crippen LogP contribution in [0.25, 0.3) is 0 Å². The van der Waals surface area contributed by atoms with E-state index in [0.717, 1.165) is 5.25 Å². The summed E-state index contributed by atoms with van der Waals surface area (Å²) in [6.45, 7) is 6.59. The van der Waals surface area contributed by atoms with E-state index in [2.05, 4.69) is 26.5 Å². The number of thioether (sulfide) groups is 1. The number of hydrogen-bond acceptors (Lipinski definition) is 1. The molecule has 0 fully saturated rings. The van der Waals surface area contributed by atoms with Crippen molar-refractivity contribution in [3.05, 3.63) is 5.75 Å². The molecule has 8 heavy (non-hydrogen) atoms. The molecule has 0 rings (SSSR count). The van der Waals surface area contributed by atoms with Gasteiger partial charge in [0, 0.05) is 11.0 Å². The highest BCUT2D eigenvalue weighted by atomic mass is 32.2. The van der Waals surface area contributed by atoms with Gasteiger partial charge in [0.05, 0.1) is 0 Å². The fraction of sp³-hybridized carbons (Fsp3) is 0.857. The van der Waals surface area contributed by atoms with E-state index in [1.54, 1.807) is 0 Å². The molecular formula is C7H15S. The molecule has 0 nitrogen and oxygen atoms in total. The summed E-state index contributed by atoms with van der Waals surface area (Å²) in [6.07, 6.45) is 2.65. The Morgan fingerprint density at radius 1 is 1.62 bits per heavy atom. The summed E-state index contributed by atoms with van der Waals surface area (Å²) in [5.41, 5.74) is 0. The average Bonchev–Trinajstić information content (AvgIpc) is 1.68. The fourth-order valence-corrected chi connectivity index (χ4v) is 1.54. The van der Waals surface area contributed by atoms with Crippen molar-refractivity contribution in [3.63, 3.8) is 0 Å². The van der Waals surface area contributed by atoms with Gasteiger partial charge in [-0.3, -0.25) is 0 Å². The third kappa shape index (κ3) is 4.51. The molecule has 0 aromatic rings. The van der Waals surface area contributed by atoms with Gasteiger partial charge in [0.25, 0.3) is 0 Å². The predicted molar refractivity (Wildman–Crippen MR) is 41.9 cm³/mol. The lowest BCUT2D eigenvalue weighted by molar-refractivity contribution is 0.788. The van der Waals surface area contributed by atoms with Crippen molar-refractivity contribution < 1.29 is 0 Å². The quantitative estimate of drug-likeness (QED) is 0.565. The minimum absolute atomic E-state index is 0.824. The van der Waals surface area contributed by atoms with Gasteiger partial charge in [-0.15, -0.1) is 0 Å². The topological polar surface area (TPSA) is 0 Å². The standard InChI is InChI=1S/C7H15S/c1-4-6-7(3)8-5-2/h5,7H,4,6H2,1-3H3. The molecule has 0 saturated heterocycles. The first-order valence-electron chi connectivity index (χ1n) is 3.24. The van der Waals surface area contributed by atoms with Crippen LogP contribution in [0.4, 0.5) is 0 Å². The molecule has 0 amide bonds. The minimum Gasteiger partial charge on any atom is -0.155 e. The summed E-state index contributed by atoms with van der Waals surface area (Å²) < 4.78 is 0. The van der Waals surface area contributed by atoms with Crippen LogP contribution in [0.15, 0.2) is 0 Å². The summed E-state index contributed by atoms with van der Waals surface area (Å²) in [4.78, 5) is 0. The monoisotopic (exact) mass is 131 g/mol. The Bertz CT molecular complexity index is 37.7. The molecule has 1 radical (unpaired) electrons. The molecule has 1 unspecified atom stereocenters. The highest BCUT2D eigenvalue weighted by Gasteiger charge is 1.96. The van der Waals surface area contributed by atoms with Crippen LogP contribution in [0.1, 0.15) is 33.6 Å². The molecule has 0 saturated carbocycles. The smallest absolute Gasteiger partial charge is 0.0138 e. The van der Waals surface area contributed by atoms with E-state index in [1.807, 2.05) is 11.8 Å². The lowest BCUT2D eigenvalue weighted by Gasteiger charge is -2.05. The van der Waals surface area contributed by atoms with Gasteiger partial charge in [0.2, 0.25) is 0 Å². The Morgan fingerprint density at radius 3 is 2.62 bits per heavy atom. The van der Waals surface area contributed by atoms with Crippen molar-refractivity contribution in [3.8, 4) is 0 Å². The summed E-state index contributed by atoms with van der Waals surface area (Å²) in [6, 6.07) is 0. The Balaban J connectivity index is 2.92. The van der Waals surface area contributed by atoms with Gasteiger partial charge >= 0.3 is 0 Å². The summed E-state index contributed by atoms with van der Waals surface area (Å²) >= 11 is 1.93. The highest BCUT2D eigenvalue weighted by molar-refractivity contribution is 8.01. The van der Waals surface area contributed by atoms with E-state index in [9.17, 15) is 0 Å². The second kappa shape index (κ2) is 5.49. The first-order chi connectivity index (χ1) is 3.81. The van der Waals surface area contributed by atoms with E-state index >= 15 is 0 Å². The van der Waals surface area contributed by atoms with Gasteiger partial charge in [-0.05, 0) is 6.42 Å². The molecule has 1 heteroatoms. The lowest BCUT2D eigenvalue weighted by atomic mass is 10.3. The number of rotatable bonds is 4. The van der Waals surface area contributed by atoms with Crippen LogP contribution in [-0.4, -0.2) is 5.25 Å². The molecule has 0 aromatic carbocycles. The van der Waals surface area contributed by atoms with Crippen molar-refractivity contribution in [2.24, 2.45) is 0 Å². The zero-order chi connectivity index (χ0) is 6.41. The van der Waals surface area contributed by atoms with Gasteiger partial charge in [0.1, 0.15) is 0 Å². The molecule has 0 bridgehead atoms. The molecule has 0 aromatic heterocycles. The minimum atomic E-state index is 0.824. The van der Waals surface area contributed by atoms with Crippen LogP contribution in [0.2, 0.25) is 0 Å². The van der Waals surface area contributed by atoms with Gasteiger partial charge < -0.3 is 0 Å². The molecule has 0 spiro atoms. The van der Waals surface area contributed by atoms with Gasteiger partial charge in [0.15, 0.2) is 0 Å². The third-order valence-corrected chi connectivity index (χ3v) is 2.04. The maximum atomic E-state index is 2.27. The zero-order valence-corrected chi connectivity index (χ0v) is 6.79. The normalized spacial score (nSPS) is 13.9. The van der Waals surface area contributed by atoms with Crippen molar-refractivity contribution in [2.45, 2.75) is 38.9 Å². The molecule has 0 heterocycles. The van der Waals surface area contributed by atoms with Crippen molar-refractivity contribution in [1.29, 1.82) is 0 Å². The zero-order valence-electron chi connectivity index (χ0n) is 5.98. The summed E-state index contributed by atoms with van der Waals surface area (Å²) in [5.74, 6) is 2.17. The summed E-state index contributed by atoms with van der Waals surface area (Å²) in [5, 5.41) is 0.824. The molecule has 0 N–H and O–H groups in total. The molecular weight excluding hydrogens is 116 g/mol. The predicted octanol–water partition coefficient (Wildman–Crippen LogP) is 3.09. The third-order valence-electron chi connectivity index (χ3n) is 1.06. The molecule has 0 aliphatic carbocycles. The molecule has 1 atom stereocenters. The maximum absolute atomic E-state index is 2.27. The van der Waals surface area contributed by atoms with Crippen LogP contribution in [-0.2, 0) is 0 Å². The molecule has 0 aliphatic heterocycles. The van der Waals surface area contributed by atoms with E-state index in [1.165, 1.54) is 12.8 Å². The van der Waals surface area contributed by atoms with Gasteiger partial charge in [-0.25, -0.2) is 0 Å². The number of hydrogen-bond donors (Lipinski definition) is 0. The second-order valence-corrected chi connectivity index (χ2v) is 3.52. The fourth-order valence-electron chi connectivity index (χ4n) is 0.707. The Labute approximate surface area is 57.1 Å². The van der Waals surface area contributed by atoms with Crippen LogP contribution < -0.4 is 0 Å². The first-order valence-corrected chi connectivity index (χ1v) is 4.18. The largest absolute Gasteiger partial charge is 0.155 e. The van der Waals surface area contributed by atoms with Crippen LogP contribution in [0, 0.1) is 5.75 Å².